The summed E-state index contributed by atoms with van der Waals surface area (Å²) in [4.78, 5) is 25.4. The Morgan fingerprint density at radius 3 is 2.67 bits per heavy atom. The number of aliphatic carboxylic acids is 1. The first-order valence-corrected chi connectivity index (χ1v) is 9.87. The maximum Gasteiger partial charge on any atom is 0.327 e. The van der Waals surface area contributed by atoms with Crippen LogP contribution in [0.25, 0.3) is 10.8 Å². The molecule has 1 aliphatic heterocycles. The number of hydrogen-bond acceptors (Lipinski definition) is 3. The fraction of sp³-hybridized carbons (Fsp3) is 0.238. The van der Waals surface area contributed by atoms with Crippen molar-refractivity contribution < 1.29 is 14.8 Å². The predicted octanol–water partition coefficient (Wildman–Crippen LogP) is 2.10. The highest BCUT2D eigenvalue weighted by Crippen LogP contribution is 2.37. The van der Waals surface area contributed by atoms with Crippen molar-refractivity contribution >= 4 is 34.2 Å². The Morgan fingerprint density at radius 1 is 1.19 bits per heavy atom. The largest absolute Gasteiger partial charge is 0.480 e. The first-order chi connectivity index (χ1) is 13.0. The first kappa shape index (κ1) is 17.8. The maximum atomic E-state index is 12.8. The number of quaternary nitrogens is 1. The molecule has 2 heterocycles. The number of thioether (sulfide) groups is 1. The SMILES string of the molecule is C[NH+](C)c1c(Cc2cccc3ccccc23)cc(=O)n2c1SC[C@H]2C(=O)O. The summed E-state index contributed by atoms with van der Waals surface area (Å²) in [5, 5.41) is 12.6. The van der Waals surface area contributed by atoms with Crippen molar-refractivity contribution in [2.45, 2.75) is 17.5 Å². The zero-order valence-electron chi connectivity index (χ0n) is 15.2. The van der Waals surface area contributed by atoms with Gasteiger partial charge < -0.3 is 10.0 Å². The van der Waals surface area contributed by atoms with Crippen LogP contribution >= 0.6 is 11.8 Å². The molecule has 5 nitrogen and oxygen atoms in total. The Labute approximate surface area is 161 Å². The van der Waals surface area contributed by atoms with Gasteiger partial charge in [-0.3, -0.25) is 9.36 Å². The van der Waals surface area contributed by atoms with E-state index in [-0.39, 0.29) is 5.56 Å². The number of benzene rings is 2. The Kier molecular flexibility index (Phi) is 4.53. The molecule has 1 aromatic heterocycles. The fourth-order valence-electron chi connectivity index (χ4n) is 3.83. The molecule has 1 atom stereocenters. The summed E-state index contributed by atoms with van der Waals surface area (Å²) in [6.07, 6.45) is 0.642. The van der Waals surface area contributed by atoms with E-state index < -0.39 is 12.0 Å². The molecule has 27 heavy (non-hydrogen) atoms. The summed E-state index contributed by atoms with van der Waals surface area (Å²) in [7, 11) is 4.03. The molecule has 4 rings (SSSR count). The number of pyridine rings is 1. The number of fused-ring (bicyclic) bond motifs is 2. The van der Waals surface area contributed by atoms with Gasteiger partial charge in [-0.25, -0.2) is 4.79 Å². The Bertz CT molecular complexity index is 1100. The van der Waals surface area contributed by atoms with Gasteiger partial charge in [0.2, 0.25) is 0 Å². The second-order valence-corrected chi connectivity index (χ2v) is 8.05. The topological polar surface area (TPSA) is 63.7 Å². The van der Waals surface area contributed by atoms with Crippen LogP contribution in [0, 0.1) is 0 Å². The zero-order chi connectivity index (χ0) is 19.1. The van der Waals surface area contributed by atoms with E-state index in [1.54, 1.807) is 6.07 Å². The number of aromatic nitrogens is 1. The number of carboxylic acids is 1. The molecule has 0 unspecified atom stereocenters. The van der Waals surface area contributed by atoms with Crippen LogP contribution in [0.4, 0.5) is 5.69 Å². The van der Waals surface area contributed by atoms with Crippen molar-refractivity contribution in [3.63, 3.8) is 0 Å². The number of rotatable bonds is 4. The van der Waals surface area contributed by atoms with E-state index in [2.05, 4.69) is 24.3 Å². The van der Waals surface area contributed by atoms with Crippen LogP contribution in [0.15, 0.2) is 58.4 Å². The summed E-state index contributed by atoms with van der Waals surface area (Å²) in [6.45, 7) is 0. The van der Waals surface area contributed by atoms with E-state index >= 15 is 0 Å². The number of nitrogens with zero attached hydrogens (tertiary/aromatic N) is 1. The molecule has 0 saturated carbocycles. The summed E-state index contributed by atoms with van der Waals surface area (Å²) < 4.78 is 1.45. The van der Waals surface area contributed by atoms with Crippen molar-refractivity contribution in [2.75, 3.05) is 19.8 Å². The molecule has 1 aliphatic rings. The minimum absolute atomic E-state index is 0.234. The van der Waals surface area contributed by atoms with Crippen LogP contribution in [0.5, 0.6) is 0 Å². The Morgan fingerprint density at radius 2 is 1.93 bits per heavy atom. The molecular formula is C21H21N2O3S+. The normalized spacial score (nSPS) is 16.0. The Hall–Kier alpha value is -2.57. The monoisotopic (exact) mass is 381 g/mol. The second-order valence-electron chi connectivity index (χ2n) is 7.04. The van der Waals surface area contributed by atoms with Crippen LogP contribution in [-0.4, -0.2) is 35.5 Å². The van der Waals surface area contributed by atoms with Gasteiger partial charge in [-0.05, 0) is 16.3 Å². The molecule has 0 saturated heterocycles. The molecule has 0 bridgehead atoms. The number of hydrogen-bond donors (Lipinski definition) is 2. The third kappa shape index (κ3) is 3.05. The van der Waals surface area contributed by atoms with Crippen LogP contribution in [0.3, 0.4) is 0 Å². The first-order valence-electron chi connectivity index (χ1n) is 8.88. The van der Waals surface area contributed by atoms with Gasteiger partial charge in [0.25, 0.3) is 5.56 Å². The molecule has 0 radical (unpaired) electrons. The number of nitrogens with one attached hydrogen (secondary N) is 1. The highest BCUT2D eigenvalue weighted by molar-refractivity contribution is 7.99. The lowest BCUT2D eigenvalue weighted by Crippen LogP contribution is -3.00. The van der Waals surface area contributed by atoms with E-state index in [0.29, 0.717) is 12.2 Å². The highest BCUT2D eigenvalue weighted by atomic mass is 32.2. The van der Waals surface area contributed by atoms with Crippen molar-refractivity contribution in [3.8, 4) is 0 Å². The van der Waals surface area contributed by atoms with Crippen LogP contribution < -0.4 is 10.5 Å². The quantitative estimate of drug-likeness (QED) is 0.727. The van der Waals surface area contributed by atoms with Gasteiger partial charge in [0.15, 0.2) is 5.69 Å². The lowest BCUT2D eigenvalue weighted by Gasteiger charge is -2.18. The fourth-order valence-corrected chi connectivity index (χ4v) is 5.27. The molecule has 0 aliphatic carbocycles. The standard InChI is InChI=1S/C21H20N2O3S/c1-22(2)19-15(10-14-8-5-7-13-6-3-4-9-16(13)14)11-18(24)23-17(21(25)26)12-27-20(19)23/h3-9,11,17H,10,12H2,1-2H3,(H,25,26)/p+1/t17-/m0/s1. The Balaban J connectivity index is 1.88. The molecule has 0 spiro atoms. The van der Waals surface area contributed by atoms with Gasteiger partial charge in [0.1, 0.15) is 11.1 Å². The molecule has 0 amide bonds. The van der Waals surface area contributed by atoms with E-state index in [1.807, 2.05) is 32.3 Å². The van der Waals surface area contributed by atoms with Gasteiger partial charge in [-0.2, -0.15) is 0 Å². The molecule has 2 aromatic carbocycles. The molecule has 2 N–H and O–H groups in total. The smallest absolute Gasteiger partial charge is 0.327 e. The summed E-state index contributed by atoms with van der Waals surface area (Å²) in [6, 6.07) is 15.3. The van der Waals surface area contributed by atoms with Crippen LogP contribution in [0.2, 0.25) is 0 Å². The van der Waals surface area contributed by atoms with Gasteiger partial charge in [0, 0.05) is 23.8 Å². The highest BCUT2D eigenvalue weighted by Gasteiger charge is 2.35. The van der Waals surface area contributed by atoms with E-state index in [9.17, 15) is 14.7 Å². The van der Waals surface area contributed by atoms with Crippen molar-refractivity contribution in [1.82, 2.24) is 4.57 Å². The summed E-state index contributed by atoms with van der Waals surface area (Å²) >= 11 is 1.46. The number of carbonyl (C=O) groups is 1. The predicted molar refractivity (Wildman–Crippen MR) is 107 cm³/mol. The van der Waals surface area contributed by atoms with Crippen LogP contribution in [0.1, 0.15) is 17.2 Å². The van der Waals surface area contributed by atoms with E-state index in [1.165, 1.54) is 27.1 Å². The van der Waals surface area contributed by atoms with E-state index in [0.717, 1.165) is 26.7 Å². The molecular weight excluding hydrogens is 360 g/mol. The molecule has 138 valence electrons. The van der Waals surface area contributed by atoms with Crippen molar-refractivity contribution in [2.24, 2.45) is 0 Å². The van der Waals surface area contributed by atoms with E-state index in [4.69, 9.17) is 0 Å². The maximum absolute atomic E-state index is 12.8. The molecule has 3 aromatic rings. The number of carboxylic acid groups (broad SMARTS) is 1. The van der Waals surface area contributed by atoms with Crippen molar-refractivity contribution in [1.29, 1.82) is 0 Å². The van der Waals surface area contributed by atoms with Crippen LogP contribution in [-0.2, 0) is 11.2 Å². The molecule has 6 heteroatoms. The lowest BCUT2D eigenvalue weighted by atomic mass is 9.98. The summed E-state index contributed by atoms with van der Waals surface area (Å²) in [5.74, 6) is -0.562. The second kappa shape index (κ2) is 6.87. The third-order valence-electron chi connectivity index (χ3n) is 5.02. The summed E-state index contributed by atoms with van der Waals surface area (Å²) in [5.41, 5.74) is 2.90. The van der Waals surface area contributed by atoms with Gasteiger partial charge in [0.05, 0.1) is 14.1 Å². The zero-order valence-corrected chi connectivity index (χ0v) is 16.0. The van der Waals surface area contributed by atoms with Gasteiger partial charge >= 0.3 is 5.97 Å². The average Bonchev–Trinajstić information content (AvgIpc) is 3.07. The average molecular weight is 381 g/mol. The minimum Gasteiger partial charge on any atom is -0.480 e. The van der Waals surface area contributed by atoms with Gasteiger partial charge in [-0.1, -0.05) is 54.2 Å². The van der Waals surface area contributed by atoms with Crippen molar-refractivity contribution in [3.05, 3.63) is 70.0 Å². The van der Waals surface area contributed by atoms with Gasteiger partial charge in [-0.15, -0.1) is 0 Å². The third-order valence-corrected chi connectivity index (χ3v) is 6.18. The molecule has 0 fully saturated rings. The lowest BCUT2D eigenvalue weighted by molar-refractivity contribution is -0.788. The minimum atomic E-state index is -0.954.